The molecule has 0 spiro atoms. The van der Waals surface area contributed by atoms with E-state index in [1.807, 2.05) is 0 Å². The van der Waals surface area contributed by atoms with Crippen molar-refractivity contribution in [2.75, 3.05) is 6.26 Å². The molecule has 7 heteroatoms. The van der Waals surface area contributed by atoms with Crippen molar-refractivity contribution in [3.63, 3.8) is 0 Å². The fraction of sp³-hybridized carbons (Fsp3) is 0.111. The largest absolute Gasteiger partial charge is 0.232 e. The Bertz CT molecular complexity index is 605. The lowest BCUT2D eigenvalue weighted by Gasteiger charge is -1.93. The van der Waals surface area contributed by atoms with Gasteiger partial charge in [0.25, 0.3) is 0 Å². The third-order valence-electron chi connectivity index (χ3n) is 1.81. The molecule has 0 aliphatic carbocycles. The molecule has 0 amide bonds. The molecule has 0 fully saturated rings. The zero-order valence-electron chi connectivity index (χ0n) is 8.21. The minimum atomic E-state index is -3.28. The molecule has 1 heterocycles. The molecule has 1 aromatic heterocycles. The number of aromatic nitrogens is 2. The predicted octanol–water partition coefficient (Wildman–Crippen LogP) is 2.26. The van der Waals surface area contributed by atoms with E-state index in [1.165, 1.54) is 0 Å². The lowest BCUT2D eigenvalue weighted by atomic mass is 10.2. The molecule has 0 atom stereocenters. The van der Waals surface area contributed by atoms with Gasteiger partial charge < -0.3 is 0 Å². The van der Waals surface area contributed by atoms with Crippen molar-refractivity contribution >= 4 is 32.8 Å². The Hall–Kier alpha value is -0.980. The second-order valence-corrected chi connectivity index (χ2v) is 6.76. The predicted molar refractivity (Wildman–Crippen MR) is 63.5 cm³/mol. The van der Waals surface area contributed by atoms with Crippen molar-refractivity contribution in [3.8, 4) is 10.6 Å². The van der Waals surface area contributed by atoms with E-state index in [1.54, 1.807) is 24.3 Å². The zero-order valence-corrected chi connectivity index (χ0v) is 10.6. The number of sulfone groups is 1. The Balaban J connectivity index is 2.43. The summed E-state index contributed by atoms with van der Waals surface area (Å²) in [6, 6.07) is 6.99. The monoisotopic (exact) mass is 274 g/mol. The molecule has 1 aromatic carbocycles. The van der Waals surface area contributed by atoms with E-state index in [0.29, 0.717) is 10.0 Å². The standard InChI is InChI=1S/C9H7ClN2O2S2/c1-16(13,14)9-12-11-8(15-9)6-2-4-7(10)5-3-6/h2-5H,1H3. The first-order chi connectivity index (χ1) is 7.47. The molecule has 84 valence electrons. The third kappa shape index (κ3) is 2.40. The van der Waals surface area contributed by atoms with Gasteiger partial charge in [0, 0.05) is 16.8 Å². The fourth-order valence-electron chi connectivity index (χ4n) is 1.07. The maximum Gasteiger partial charge on any atom is 0.232 e. The molecule has 0 aliphatic rings. The second-order valence-electron chi connectivity index (χ2n) is 3.15. The van der Waals surface area contributed by atoms with Crippen LogP contribution in [0.1, 0.15) is 0 Å². The minimum absolute atomic E-state index is 0.0254. The van der Waals surface area contributed by atoms with Gasteiger partial charge in [-0.3, -0.25) is 0 Å². The highest BCUT2D eigenvalue weighted by Crippen LogP contribution is 2.26. The van der Waals surface area contributed by atoms with Gasteiger partial charge in [0.15, 0.2) is 0 Å². The minimum Gasteiger partial charge on any atom is -0.221 e. The number of halogens is 1. The molecular formula is C9H7ClN2O2S2. The topological polar surface area (TPSA) is 59.9 Å². The van der Waals surface area contributed by atoms with Gasteiger partial charge in [0.05, 0.1) is 0 Å². The number of benzene rings is 1. The lowest BCUT2D eigenvalue weighted by molar-refractivity contribution is 0.600. The summed E-state index contributed by atoms with van der Waals surface area (Å²) in [6.07, 6.45) is 1.11. The maximum absolute atomic E-state index is 11.2. The average Bonchev–Trinajstić information content (AvgIpc) is 2.67. The van der Waals surface area contributed by atoms with Crippen LogP contribution in [-0.2, 0) is 9.84 Å². The quantitative estimate of drug-likeness (QED) is 0.843. The summed E-state index contributed by atoms with van der Waals surface area (Å²) in [6.45, 7) is 0. The van der Waals surface area contributed by atoms with E-state index in [9.17, 15) is 8.42 Å². The molecule has 2 aromatic rings. The van der Waals surface area contributed by atoms with Crippen LogP contribution in [0.25, 0.3) is 10.6 Å². The smallest absolute Gasteiger partial charge is 0.221 e. The number of hydrogen-bond acceptors (Lipinski definition) is 5. The summed E-state index contributed by atoms with van der Waals surface area (Å²) in [7, 11) is -3.28. The van der Waals surface area contributed by atoms with Crippen molar-refractivity contribution in [1.29, 1.82) is 0 Å². The van der Waals surface area contributed by atoms with Gasteiger partial charge in [0.1, 0.15) is 5.01 Å². The van der Waals surface area contributed by atoms with Crippen LogP contribution in [0.2, 0.25) is 5.02 Å². The summed E-state index contributed by atoms with van der Waals surface area (Å²) in [4.78, 5) is 0. The Labute approximate surface area is 102 Å². The molecule has 0 radical (unpaired) electrons. The van der Waals surface area contributed by atoms with Gasteiger partial charge >= 0.3 is 0 Å². The number of hydrogen-bond donors (Lipinski definition) is 0. The summed E-state index contributed by atoms with van der Waals surface area (Å²) in [5, 5.41) is 8.65. The second kappa shape index (κ2) is 4.12. The SMILES string of the molecule is CS(=O)(=O)c1nnc(-c2ccc(Cl)cc2)s1. The van der Waals surface area contributed by atoms with E-state index in [0.717, 1.165) is 23.2 Å². The molecule has 0 aliphatic heterocycles. The Kier molecular flexibility index (Phi) is 2.96. The molecule has 0 saturated carbocycles. The summed E-state index contributed by atoms with van der Waals surface area (Å²) in [5.41, 5.74) is 0.803. The molecule has 16 heavy (non-hydrogen) atoms. The maximum atomic E-state index is 11.2. The first-order valence-corrected chi connectivity index (χ1v) is 7.35. The summed E-state index contributed by atoms with van der Waals surface area (Å²) >= 11 is 6.79. The van der Waals surface area contributed by atoms with Crippen LogP contribution in [-0.4, -0.2) is 24.9 Å². The Morgan fingerprint density at radius 3 is 2.31 bits per heavy atom. The highest BCUT2D eigenvalue weighted by Gasteiger charge is 2.14. The van der Waals surface area contributed by atoms with Crippen LogP contribution in [0.4, 0.5) is 0 Å². The summed E-state index contributed by atoms with van der Waals surface area (Å²) in [5.74, 6) is 0. The van der Waals surface area contributed by atoms with E-state index < -0.39 is 9.84 Å². The van der Waals surface area contributed by atoms with Crippen molar-refractivity contribution in [2.45, 2.75) is 4.34 Å². The number of nitrogens with zero attached hydrogens (tertiary/aromatic N) is 2. The summed E-state index contributed by atoms with van der Waals surface area (Å²) < 4.78 is 22.5. The number of rotatable bonds is 2. The fourth-order valence-corrected chi connectivity index (χ4v) is 2.81. The first kappa shape index (κ1) is 11.5. The van der Waals surface area contributed by atoms with E-state index in [-0.39, 0.29) is 4.34 Å². The highest BCUT2D eigenvalue weighted by molar-refractivity contribution is 7.92. The third-order valence-corrected chi connectivity index (χ3v) is 4.71. The van der Waals surface area contributed by atoms with E-state index >= 15 is 0 Å². The molecular weight excluding hydrogens is 268 g/mol. The van der Waals surface area contributed by atoms with Gasteiger partial charge in [-0.15, -0.1) is 10.2 Å². The van der Waals surface area contributed by atoms with E-state index in [2.05, 4.69) is 10.2 Å². The first-order valence-electron chi connectivity index (χ1n) is 4.26. The van der Waals surface area contributed by atoms with Crippen LogP contribution in [0.5, 0.6) is 0 Å². The lowest BCUT2D eigenvalue weighted by Crippen LogP contribution is -1.95. The van der Waals surface area contributed by atoms with Crippen molar-refractivity contribution in [3.05, 3.63) is 29.3 Å². The van der Waals surface area contributed by atoms with Crippen molar-refractivity contribution < 1.29 is 8.42 Å². The van der Waals surface area contributed by atoms with Gasteiger partial charge in [-0.25, -0.2) is 8.42 Å². The average molecular weight is 275 g/mol. The van der Waals surface area contributed by atoms with Crippen LogP contribution >= 0.6 is 22.9 Å². The zero-order chi connectivity index (χ0) is 11.8. The Morgan fingerprint density at radius 2 is 1.81 bits per heavy atom. The molecule has 0 bridgehead atoms. The van der Waals surface area contributed by atoms with Gasteiger partial charge in [-0.05, 0) is 12.1 Å². The van der Waals surface area contributed by atoms with Gasteiger partial charge in [0.2, 0.25) is 14.2 Å². The van der Waals surface area contributed by atoms with Crippen LogP contribution < -0.4 is 0 Å². The van der Waals surface area contributed by atoms with Crippen molar-refractivity contribution in [2.24, 2.45) is 0 Å². The molecule has 0 saturated heterocycles. The van der Waals surface area contributed by atoms with Gasteiger partial charge in [-0.2, -0.15) is 0 Å². The molecule has 0 N–H and O–H groups in total. The van der Waals surface area contributed by atoms with Crippen LogP contribution in [0.3, 0.4) is 0 Å². The normalized spacial score (nSPS) is 11.6. The molecule has 4 nitrogen and oxygen atoms in total. The highest BCUT2D eigenvalue weighted by atomic mass is 35.5. The van der Waals surface area contributed by atoms with Gasteiger partial charge in [-0.1, -0.05) is 35.1 Å². The Morgan fingerprint density at radius 1 is 1.19 bits per heavy atom. The van der Waals surface area contributed by atoms with Crippen LogP contribution in [0.15, 0.2) is 28.6 Å². The molecule has 2 rings (SSSR count). The van der Waals surface area contributed by atoms with E-state index in [4.69, 9.17) is 11.6 Å². The molecule has 0 unspecified atom stereocenters. The van der Waals surface area contributed by atoms with Crippen LogP contribution in [0, 0.1) is 0 Å². The van der Waals surface area contributed by atoms with Crippen molar-refractivity contribution in [1.82, 2.24) is 10.2 Å².